The van der Waals surface area contributed by atoms with E-state index in [1.165, 1.54) is 4.90 Å². The van der Waals surface area contributed by atoms with E-state index in [4.69, 9.17) is 5.73 Å². The zero-order valence-corrected chi connectivity index (χ0v) is 13.9. The number of nitrogens with two attached hydrogens (primary N) is 1. The molecule has 7 nitrogen and oxygen atoms in total. The summed E-state index contributed by atoms with van der Waals surface area (Å²) in [4.78, 5) is 15.3. The average Bonchev–Trinajstić information content (AvgIpc) is 2.74. The highest BCUT2D eigenvalue weighted by Gasteiger charge is 2.31. The summed E-state index contributed by atoms with van der Waals surface area (Å²) >= 11 is 0. The van der Waals surface area contributed by atoms with Crippen molar-refractivity contribution in [1.82, 2.24) is 14.7 Å². The second-order valence-electron chi connectivity index (χ2n) is 7.07. The van der Waals surface area contributed by atoms with E-state index in [0.29, 0.717) is 18.2 Å². The Labute approximate surface area is 131 Å². The summed E-state index contributed by atoms with van der Waals surface area (Å²) in [6, 6.07) is 0. The summed E-state index contributed by atoms with van der Waals surface area (Å²) in [5, 5.41) is 13.6. The second-order valence-corrected chi connectivity index (χ2v) is 7.07. The van der Waals surface area contributed by atoms with Crippen molar-refractivity contribution in [1.29, 1.82) is 0 Å². The van der Waals surface area contributed by atoms with Crippen LogP contribution in [0.1, 0.15) is 33.6 Å². The average molecular weight is 309 g/mol. The van der Waals surface area contributed by atoms with Crippen molar-refractivity contribution in [3.05, 3.63) is 6.20 Å². The maximum Gasteiger partial charge on any atom is 0.407 e. The molecule has 2 heterocycles. The molecule has 0 aliphatic carbocycles. The van der Waals surface area contributed by atoms with Gasteiger partial charge in [0.25, 0.3) is 0 Å². The smallest absolute Gasteiger partial charge is 0.407 e. The number of amides is 1. The van der Waals surface area contributed by atoms with Gasteiger partial charge in [-0.25, -0.2) is 4.79 Å². The third-order valence-electron chi connectivity index (χ3n) is 4.23. The van der Waals surface area contributed by atoms with Crippen LogP contribution in [0.25, 0.3) is 0 Å². The monoisotopic (exact) mass is 309 g/mol. The van der Waals surface area contributed by atoms with Gasteiger partial charge >= 0.3 is 6.09 Å². The number of anilines is 2. The number of piperidine rings is 1. The molecule has 1 fully saturated rings. The predicted octanol–water partition coefficient (Wildman–Crippen LogP) is 2.00. The SMILES string of the molecule is Cn1ncc(N)c1N1CCC[C@@H](CN(C(=O)O)C(C)(C)C)C1. The maximum atomic E-state index is 11.5. The molecule has 1 aliphatic rings. The van der Waals surface area contributed by atoms with E-state index in [1.807, 2.05) is 27.8 Å². The summed E-state index contributed by atoms with van der Waals surface area (Å²) in [6.07, 6.45) is 2.88. The van der Waals surface area contributed by atoms with Gasteiger partial charge in [0.05, 0.1) is 11.9 Å². The van der Waals surface area contributed by atoms with Crippen LogP contribution in [-0.4, -0.2) is 51.1 Å². The molecule has 0 unspecified atom stereocenters. The highest BCUT2D eigenvalue weighted by molar-refractivity contribution is 5.66. The lowest BCUT2D eigenvalue weighted by Crippen LogP contribution is -2.50. The number of carboxylic acid groups (broad SMARTS) is 1. The molecule has 3 N–H and O–H groups in total. The summed E-state index contributed by atoms with van der Waals surface area (Å²) in [7, 11) is 1.88. The molecule has 1 aromatic heterocycles. The molecule has 1 atom stereocenters. The van der Waals surface area contributed by atoms with Crippen LogP contribution in [0.3, 0.4) is 0 Å². The molecule has 1 saturated heterocycles. The summed E-state index contributed by atoms with van der Waals surface area (Å²) in [5.74, 6) is 1.24. The molecule has 2 rings (SSSR count). The number of nitrogen functional groups attached to an aromatic ring is 1. The van der Waals surface area contributed by atoms with Crippen molar-refractivity contribution in [3.63, 3.8) is 0 Å². The highest BCUT2D eigenvalue weighted by Crippen LogP contribution is 2.28. The van der Waals surface area contributed by atoms with Crippen LogP contribution >= 0.6 is 0 Å². The number of aryl methyl sites for hydroxylation is 1. The van der Waals surface area contributed by atoms with E-state index in [1.54, 1.807) is 10.9 Å². The number of carbonyl (C=O) groups is 1. The first-order valence-corrected chi connectivity index (χ1v) is 7.73. The Balaban J connectivity index is 2.09. The molecule has 7 heteroatoms. The fraction of sp³-hybridized carbons (Fsp3) is 0.733. The van der Waals surface area contributed by atoms with E-state index in [9.17, 15) is 9.90 Å². The molecule has 22 heavy (non-hydrogen) atoms. The van der Waals surface area contributed by atoms with Gasteiger partial charge in [0.2, 0.25) is 0 Å². The van der Waals surface area contributed by atoms with Gasteiger partial charge in [-0.1, -0.05) is 0 Å². The molecule has 1 aromatic rings. The van der Waals surface area contributed by atoms with Crippen LogP contribution in [0, 0.1) is 5.92 Å². The Morgan fingerprint density at radius 3 is 2.73 bits per heavy atom. The quantitative estimate of drug-likeness (QED) is 0.891. The van der Waals surface area contributed by atoms with Gasteiger partial charge in [0.15, 0.2) is 0 Å². The van der Waals surface area contributed by atoms with Crippen LogP contribution in [-0.2, 0) is 7.05 Å². The number of hydrogen-bond acceptors (Lipinski definition) is 4. The normalized spacial score (nSPS) is 19.3. The van der Waals surface area contributed by atoms with Crippen molar-refractivity contribution in [2.75, 3.05) is 30.3 Å². The zero-order chi connectivity index (χ0) is 16.5. The zero-order valence-electron chi connectivity index (χ0n) is 13.9. The van der Waals surface area contributed by atoms with Gasteiger partial charge in [0.1, 0.15) is 5.82 Å². The number of aromatic nitrogens is 2. The number of hydrogen-bond donors (Lipinski definition) is 2. The van der Waals surface area contributed by atoms with Gasteiger partial charge in [-0.15, -0.1) is 0 Å². The van der Waals surface area contributed by atoms with Crippen molar-refractivity contribution in [3.8, 4) is 0 Å². The Morgan fingerprint density at radius 2 is 2.23 bits per heavy atom. The van der Waals surface area contributed by atoms with Gasteiger partial charge in [-0.3, -0.25) is 4.68 Å². The number of rotatable bonds is 3. The lowest BCUT2D eigenvalue weighted by Gasteiger charge is -2.40. The largest absolute Gasteiger partial charge is 0.465 e. The Morgan fingerprint density at radius 1 is 1.55 bits per heavy atom. The van der Waals surface area contributed by atoms with Gasteiger partial charge in [-0.05, 0) is 39.5 Å². The van der Waals surface area contributed by atoms with Gasteiger partial charge in [-0.2, -0.15) is 5.10 Å². The minimum Gasteiger partial charge on any atom is -0.465 e. The fourth-order valence-electron chi connectivity index (χ4n) is 3.14. The maximum absolute atomic E-state index is 11.5. The second kappa shape index (κ2) is 6.06. The van der Waals surface area contributed by atoms with E-state index in [2.05, 4.69) is 10.00 Å². The Kier molecular flexibility index (Phi) is 4.53. The first-order valence-electron chi connectivity index (χ1n) is 7.73. The van der Waals surface area contributed by atoms with E-state index in [-0.39, 0.29) is 5.54 Å². The van der Waals surface area contributed by atoms with Gasteiger partial charge < -0.3 is 20.6 Å². The Bertz CT molecular complexity index is 515. The van der Waals surface area contributed by atoms with Crippen molar-refractivity contribution in [2.24, 2.45) is 13.0 Å². The van der Waals surface area contributed by atoms with Crippen LogP contribution in [0.4, 0.5) is 16.3 Å². The van der Waals surface area contributed by atoms with Crippen molar-refractivity contribution in [2.45, 2.75) is 39.2 Å². The molecule has 0 saturated carbocycles. The third-order valence-corrected chi connectivity index (χ3v) is 4.23. The minimum absolute atomic E-state index is 0.304. The molecule has 124 valence electrons. The van der Waals surface area contributed by atoms with Gasteiger partial charge in [0, 0.05) is 32.2 Å². The van der Waals surface area contributed by atoms with E-state index < -0.39 is 6.09 Å². The topological polar surface area (TPSA) is 87.6 Å². The molecule has 0 aromatic carbocycles. The predicted molar refractivity (Wildman–Crippen MR) is 87.0 cm³/mol. The molecule has 0 bridgehead atoms. The summed E-state index contributed by atoms with van der Waals surface area (Å²) in [5.41, 5.74) is 6.29. The van der Waals surface area contributed by atoms with Crippen molar-refractivity contribution < 1.29 is 9.90 Å². The first kappa shape index (κ1) is 16.5. The highest BCUT2D eigenvalue weighted by atomic mass is 16.4. The molecular weight excluding hydrogens is 282 g/mol. The standard InChI is InChI=1S/C15H27N5O2/c1-15(2,3)20(14(21)22)10-11-6-5-7-19(9-11)13-12(16)8-17-18(13)4/h8,11H,5-7,9-10,16H2,1-4H3,(H,21,22)/t11-/m1/s1. The van der Waals surface area contributed by atoms with Crippen LogP contribution in [0.2, 0.25) is 0 Å². The molecule has 0 radical (unpaired) electrons. The van der Waals surface area contributed by atoms with E-state index in [0.717, 1.165) is 31.7 Å². The summed E-state index contributed by atoms with van der Waals surface area (Å²) in [6.45, 7) is 8.09. The minimum atomic E-state index is -0.857. The van der Waals surface area contributed by atoms with Crippen LogP contribution in [0.15, 0.2) is 6.20 Å². The van der Waals surface area contributed by atoms with E-state index >= 15 is 0 Å². The van der Waals surface area contributed by atoms with Crippen molar-refractivity contribution >= 4 is 17.6 Å². The fourth-order valence-corrected chi connectivity index (χ4v) is 3.14. The summed E-state index contributed by atoms with van der Waals surface area (Å²) < 4.78 is 1.79. The molecule has 0 spiro atoms. The molecule has 1 amide bonds. The molecular formula is C15H27N5O2. The Hall–Kier alpha value is -1.92. The lowest BCUT2D eigenvalue weighted by molar-refractivity contribution is 0.0864. The molecule has 1 aliphatic heterocycles. The van der Waals surface area contributed by atoms with Crippen LogP contribution in [0.5, 0.6) is 0 Å². The van der Waals surface area contributed by atoms with Crippen LogP contribution < -0.4 is 10.6 Å². The lowest BCUT2D eigenvalue weighted by atomic mass is 9.95. The number of nitrogens with zero attached hydrogens (tertiary/aromatic N) is 4. The first-order chi connectivity index (χ1) is 10.2. The third kappa shape index (κ3) is 3.45.